The molecule has 0 unspecified atom stereocenters. The van der Waals surface area contributed by atoms with Crippen LogP contribution < -0.4 is 9.44 Å². The quantitative estimate of drug-likeness (QED) is 0.512. The second kappa shape index (κ2) is 8.42. The van der Waals surface area contributed by atoms with E-state index in [2.05, 4.69) is 14.2 Å². The largest absolute Gasteiger partial charge is 0.465 e. The van der Waals surface area contributed by atoms with E-state index in [0.717, 1.165) is 42.7 Å². The van der Waals surface area contributed by atoms with Crippen LogP contribution in [0.1, 0.15) is 9.67 Å². The summed E-state index contributed by atoms with van der Waals surface area (Å²) in [6.07, 6.45) is 0. The predicted octanol–water partition coefficient (Wildman–Crippen LogP) is 3.28. The van der Waals surface area contributed by atoms with E-state index in [9.17, 15) is 26.0 Å². The minimum absolute atomic E-state index is 0.0614. The Hall–Kier alpha value is -2.96. The maximum absolute atomic E-state index is 13.0. The molecule has 0 amide bonds. The molecule has 0 saturated carbocycles. The topological polar surface area (TPSA) is 119 Å². The Kier molecular flexibility index (Phi) is 6.10. The van der Waals surface area contributed by atoms with Crippen molar-refractivity contribution < 1.29 is 30.8 Å². The van der Waals surface area contributed by atoms with Crippen molar-refractivity contribution in [2.75, 3.05) is 16.6 Å². The number of nitrogens with one attached hydrogen (secondary N) is 2. The SMILES string of the molecule is COC(=O)c1sccc1S(=O)(=O)Nc1ccc(NS(=O)(=O)c2ccc(F)cc2)cc1. The summed E-state index contributed by atoms with van der Waals surface area (Å²) in [6.45, 7) is 0. The molecule has 0 aliphatic carbocycles. The van der Waals surface area contributed by atoms with Crippen LogP contribution in [-0.2, 0) is 24.8 Å². The zero-order valence-corrected chi connectivity index (χ0v) is 17.8. The number of ether oxygens (including phenoxy) is 1. The zero-order valence-electron chi connectivity index (χ0n) is 15.3. The maximum atomic E-state index is 13.0. The van der Waals surface area contributed by atoms with Gasteiger partial charge in [0.2, 0.25) is 0 Å². The highest BCUT2D eigenvalue weighted by Crippen LogP contribution is 2.26. The Bertz CT molecular complexity index is 1270. The molecule has 3 rings (SSSR count). The third-order valence-electron chi connectivity index (χ3n) is 3.80. The molecule has 0 saturated heterocycles. The standard InChI is InChI=1S/C18H15FN2O6S3/c1-27-18(22)17-16(10-11-28-17)30(25,26)21-14-6-4-13(5-7-14)20-29(23,24)15-8-2-12(19)3-9-15/h2-11,20-21H,1H3. The van der Waals surface area contributed by atoms with Gasteiger partial charge in [-0.3, -0.25) is 9.44 Å². The monoisotopic (exact) mass is 470 g/mol. The highest BCUT2D eigenvalue weighted by Gasteiger charge is 2.24. The summed E-state index contributed by atoms with van der Waals surface area (Å²) in [5, 5.41) is 1.45. The molecule has 1 aromatic heterocycles. The summed E-state index contributed by atoms with van der Waals surface area (Å²) in [5.74, 6) is -1.33. The van der Waals surface area contributed by atoms with Gasteiger partial charge in [0.25, 0.3) is 20.0 Å². The van der Waals surface area contributed by atoms with Crippen molar-refractivity contribution in [2.24, 2.45) is 0 Å². The smallest absolute Gasteiger partial charge is 0.349 e. The first-order valence-electron chi connectivity index (χ1n) is 8.19. The number of sulfonamides is 2. The summed E-state index contributed by atoms with van der Waals surface area (Å²) in [7, 11) is -6.85. The Labute approximate surface area is 176 Å². The number of carbonyl (C=O) groups is 1. The lowest BCUT2D eigenvalue weighted by Gasteiger charge is -2.11. The average Bonchev–Trinajstić information content (AvgIpc) is 3.20. The van der Waals surface area contributed by atoms with Crippen molar-refractivity contribution in [1.82, 2.24) is 0 Å². The Morgan fingerprint density at radius 3 is 1.93 bits per heavy atom. The molecule has 0 bridgehead atoms. The highest BCUT2D eigenvalue weighted by atomic mass is 32.2. The minimum atomic E-state index is -4.07. The van der Waals surface area contributed by atoms with Crippen molar-refractivity contribution >= 4 is 48.7 Å². The molecule has 30 heavy (non-hydrogen) atoms. The summed E-state index contributed by atoms with van der Waals surface area (Å²) < 4.78 is 72.0. The number of esters is 1. The molecule has 0 fully saturated rings. The number of halogens is 1. The third-order valence-corrected chi connectivity index (χ3v) is 7.65. The molecule has 12 heteroatoms. The zero-order chi connectivity index (χ0) is 21.9. The predicted molar refractivity (Wildman–Crippen MR) is 110 cm³/mol. The molecule has 8 nitrogen and oxygen atoms in total. The lowest BCUT2D eigenvalue weighted by atomic mass is 10.3. The molecule has 1 heterocycles. The van der Waals surface area contributed by atoms with E-state index >= 15 is 0 Å². The molecule has 158 valence electrons. The van der Waals surface area contributed by atoms with Gasteiger partial charge >= 0.3 is 5.97 Å². The Balaban J connectivity index is 1.77. The minimum Gasteiger partial charge on any atom is -0.465 e. The van der Waals surface area contributed by atoms with Gasteiger partial charge in [-0.25, -0.2) is 26.0 Å². The molecule has 0 spiro atoms. The molecular formula is C18H15FN2O6S3. The molecule has 0 atom stereocenters. The number of carbonyl (C=O) groups excluding carboxylic acids is 1. The fourth-order valence-corrected chi connectivity index (χ4v) is 5.85. The second-order valence-corrected chi connectivity index (χ2v) is 10.1. The summed E-state index contributed by atoms with van der Waals surface area (Å²) in [5.41, 5.74) is 0.329. The van der Waals surface area contributed by atoms with E-state index in [0.29, 0.717) is 0 Å². The van der Waals surface area contributed by atoms with Gasteiger partial charge in [-0.2, -0.15) is 0 Å². The van der Waals surface area contributed by atoms with Gasteiger partial charge in [-0.05, 0) is 60.0 Å². The van der Waals surface area contributed by atoms with Gasteiger partial charge in [0.1, 0.15) is 15.6 Å². The molecule has 0 radical (unpaired) electrons. The number of thiophene rings is 1. The number of rotatable bonds is 7. The van der Waals surface area contributed by atoms with E-state index in [1.807, 2.05) is 0 Å². The number of anilines is 2. The Morgan fingerprint density at radius 2 is 1.40 bits per heavy atom. The molecule has 2 N–H and O–H groups in total. The molecule has 3 aromatic rings. The van der Waals surface area contributed by atoms with Crippen LogP contribution in [0.2, 0.25) is 0 Å². The van der Waals surface area contributed by atoms with E-state index < -0.39 is 31.8 Å². The fraction of sp³-hybridized carbons (Fsp3) is 0.0556. The van der Waals surface area contributed by atoms with Crippen LogP contribution in [0.4, 0.5) is 15.8 Å². The van der Waals surface area contributed by atoms with E-state index in [-0.39, 0.29) is 26.0 Å². The third kappa shape index (κ3) is 4.78. The van der Waals surface area contributed by atoms with E-state index in [1.54, 1.807) is 0 Å². The van der Waals surface area contributed by atoms with Crippen molar-refractivity contribution in [3.05, 3.63) is 70.7 Å². The van der Waals surface area contributed by atoms with Crippen molar-refractivity contribution in [3.8, 4) is 0 Å². The lowest BCUT2D eigenvalue weighted by molar-refractivity contribution is 0.0602. The summed E-state index contributed by atoms with van der Waals surface area (Å²) in [6, 6.07) is 11.0. The van der Waals surface area contributed by atoms with Gasteiger partial charge in [0.05, 0.1) is 12.0 Å². The molecule has 0 aliphatic rings. The van der Waals surface area contributed by atoms with Crippen LogP contribution in [0.15, 0.2) is 69.8 Å². The van der Waals surface area contributed by atoms with Gasteiger partial charge in [0, 0.05) is 11.4 Å². The number of hydrogen-bond donors (Lipinski definition) is 2. The first-order chi connectivity index (χ1) is 14.1. The van der Waals surface area contributed by atoms with Crippen LogP contribution >= 0.6 is 11.3 Å². The van der Waals surface area contributed by atoms with Crippen LogP contribution in [0.3, 0.4) is 0 Å². The number of benzene rings is 2. The van der Waals surface area contributed by atoms with Crippen LogP contribution in [-0.4, -0.2) is 29.9 Å². The molecular weight excluding hydrogens is 455 g/mol. The van der Waals surface area contributed by atoms with Crippen molar-refractivity contribution in [3.63, 3.8) is 0 Å². The van der Waals surface area contributed by atoms with Crippen LogP contribution in [0, 0.1) is 5.82 Å². The summed E-state index contributed by atoms with van der Waals surface area (Å²) in [4.78, 5) is 11.3. The summed E-state index contributed by atoms with van der Waals surface area (Å²) >= 11 is 0.933. The van der Waals surface area contributed by atoms with Crippen LogP contribution in [0.25, 0.3) is 0 Å². The normalized spacial score (nSPS) is 11.7. The van der Waals surface area contributed by atoms with Gasteiger partial charge in [-0.15, -0.1) is 11.3 Å². The lowest BCUT2D eigenvalue weighted by Crippen LogP contribution is -2.16. The highest BCUT2D eigenvalue weighted by molar-refractivity contribution is 7.93. The van der Waals surface area contributed by atoms with Gasteiger partial charge in [-0.1, -0.05) is 0 Å². The first kappa shape index (κ1) is 21.7. The fourth-order valence-electron chi connectivity index (χ4n) is 2.39. The van der Waals surface area contributed by atoms with E-state index in [4.69, 9.17) is 0 Å². The van der Waals surface area contributed by atoms with Crippen molar-refractivity contribution in [2.45, 2.75) is 9.79 Å². The van der Waals surface area contributed by atoms with Crippen molar-refractivity contribution in [1.29, 1.82) is 0 Å². The van der Waals surface area contributed by atoms with E-state index in [1.165, 1.54) is 35.7 Å². The number of hydrogen-bond acceptors (Lipinski definition) is 7. The maximum Gasteiger partial charge on any atom is 0.349 e. The average molecular weight is 471 g/mol. The first-order valence-corrected chi connectivity index (χ1v) is 12.0. The Morgan fingerprint density at radius 1 is 0.867 bits per heavy atom. The molecule has 2 aromatic carbocycles. The van der Waals surface area contributed by atoms with Crippen LogP contribution in [0.5, 0.6) is 0 Å². The van der Waals surface area contributed by atoms with Gasteiger partial charge < -0.3 is 4.74 Å². The second-order valence-electron chi connectivity index (χ2n) is 5.85. The number of methoxy groups -OCH3 is 1. The molecule has 0 aliphatic heterocycles. The van der Waals surface area contributed by atoms with Gasteiger partial charge in [0.15, 0.2) is 0 Å².